The van der Waals surface area contributed by atoms with Crippen LogP contribution in [0.25, 0.3) is 0 Å². The molecule has 0 aromatic rings. The van der Waals surface area contributed by atoms with E-state index in [9.17, 15) is 0 Å². The van der Waals surface area contributed by atoms with E-state index in [1.165, 1.54) is 0 Å². The lowest BCUT2D eigenvalue weighted by Crippen LogP contribution is -2.17. The first-order chi connectivity index (χ1) is 6.15. The Labute approximate surface area is 79.9 Å². The molecule has 3 heteroatoms. The second kappa shape index (κ2) is 4.42. The number of amidine groups is 1. The third-order valence-corrected chi connectivity index (χ3v) is 2.48. The fourth-order valence-electron chi connectivity index (χ4n) is 1.52. The van der Waals surface area contributed by atoms with Crippen LogP contribution in [0.15, 0.2) is 17.3 Å². The summed E-state index contributed by atoms with van der Waals surface area (Å²) in [6.07, 6.45) is 1.31. The van der Waals surface area contributed by atoms with Crippen LogP contribution in [0.2, 0.25) is 0 Å². The molecule has 0 aromatic carbocycles. The minimum atomic E-state index is 0.265. The second-order valence-electron chi connectivity index (χ2n) is 3.41. The van der Waals surface area contributed by atoms with Crippen LogP contribution in [-0.4, -0.2) is 25.6 Å². The van der Waals surface area contributed by atoms with Crippen LogP contribution in [0.3, 0.4) is 0 Å². The highest BCUT2D eigenvalue weighted by Gasteiger charge is 2.26. The number of hydrogen-bond donors (Lipinski definition) is 1. The Bertz CT molecular complexity index is 223. The molecule has 74 valence electrons. The lowest BCUT2D eigenvalue weighted by molar-refractivity contribution is 0.112. The maximum Gasteiger partial charge on any atom is 0.0984 e. The number of nitrogens with zero attached hydrogens (tertiary/aromatic N) is 1. The van der Waals surface area contributed by atoms with Crippen molar-refractivity contribution in [2.45, 2.75) is 26.4 Å². The Morgan fingerprint density at radius 2 is 2.31 bits per heavy atom. The van der Waals surface area contributed by atoms with Crippen molar-refractivity contribution < 1.29 is 4.74 Å². The summed E-state index contributed by atoms with van der Waals surface area (Å²) in [5.41, 5.74) is 0.928. The molecule has 0 amide bonds. The maximum atomic E-state index is 5.45. The minimum absolute atomic E-state index is 0.265. The van der Waals surface area contributed by atoms with Crippen LogP contribution >= 0.6 is 0 Å². The van der Waals surface area contributed by atoms with Gasteiger partial charge in [0.25, 0.3) is 0 Å². The summed E-state index contributed by atoms with van der Waals surface area (Å²) < 4.78 is 5.45. The summed E-state index contributed by atoms with van der Waals surface area (Å²) in [6.45, 7) is 8.81. The molecule has 0 aliphatic carbocycles. The number of hydrogen-bond acceptors (Lipinski definition) is 2. The average molecular weight is 182 g/mol. The Hall–Kier alpha value is -0.830. The van der Waals surface area contributed by atoms with E-state index in [1.54, 1.807) is 0 Å². The van der Waals surface area contributed by atoms with Gasteiger partial charge in [-0.2, -0.15) is 0 Å². The molecule has 0 spiro atoms. The molecular formula is C10H18N2O. The van der Waals surface area contributed by atoms with Crippen LogP contribution in [0.4, 0.5) is 0 Å². The number of aliphatic imine (C=N–C) groups is 1. The van der Waals surface area contributed by atoms with Crippen LogP contribution in [0, 0.1) is 5.92 Å². The molecule has 0 aromatic heterocycles. The predicted octanol–water partition coefficient (Wildman–Crippen LogP) is 1.56. The normalized spacial score (nSPS) is 29.0. The lowest BCUT2D eigenvalue weighted by Gasteiger charge is -2.13. The first-order valence-corrected chi connectivity index (χ1v) is 4.68. The highest BCUT2D eigenvalue weighted by Crippen LogP contribution is 2.27. The van der Waals surface area contributed by atoms with E-state index in [1.807, 2.05) is 14.0 Å². The van der Waals surface area contributed by atoms with Crippen molar-refractivity contribution in [3.05, 3.63) is 12.3 Å². The maximum absolute atomic E-state index is 5.45. The Morgan fingerprint density at radius 1 is 1.62 bits per heavy atom. The number of rotatable bonds is 2. The van der Waals surface area contributed by atoms with Crippen molar-refractivity contribution in [3.63, 3.8) is 0 Å². The highest BCUT2D eigenvalue weighted by molar-refractivity contribution is 5.80. The smallest absolute Gasteiger partial charge is 0.0984 e. The summed E-state index contributed by atoms with van der Waals surface area (Å²) in [4.78, 5) is 4.36. The molecule has 1 heterocycles. The zero-order chi connectivity index (χ0) is 9.84. The SMILES string of the molecule is C=C(/N=C(/C)NC)C1CCOC1C. The summed E-state index contributed by atoms with van der Waals surface area (Å²) in [5, 5.41) is 2.98. The zero-order valence-corrected chi connectivity index (χ0v) is 8.63. The van der Waals surface area contributed by atoms with Gasteiger partial charge in [-0.05, 0) is 20.3 Å². The topological polar surface area (TPSA) is 33.6 Å². The minimum Gasteiger partial charge on any atom is -0.378 e. The van der Waals surface area contributed by atoms with E-state index < -0.39 is 0 Å². The van der Waals surface area contributed by atoms with E-state index in [0.717, 1.165) is 24.6 Å². The summed E-state index contributed by atoms with van der Waals surface area (Å²) in [5.74, 6) is 1.30. The molecule has 1 N–H and O–H groups in total. The van der Waals surface area contributed by atoms with E-state index in [-0.39, 0.29) is 6.10 Å². The van der Waals surface area contributed by atoms with Crippen molar-refractivity contribution in [1.29, 1.82) is 0 Å². The van der Waals surface area contributed by atoms with E-state index in [4.69, 9.17) is 4.74 Å². The first kappa shape index (κ1) is 10.3. The lowest BCUT2D eigenvalue weighted by atomic mass is 10.00. The number of ether oxygens (including phenoxy) is 1. The van der Waals surface area contributed by atoms with E-state index in [0.29, 0.717) is 5.92 Å². The van der Waals surface area contributed by atoms with Gasteiger partial charge in [-0.3, -0.25) is 0 Å². The predicted molar refractivity (Wildman–Crippen MR) is 54.8 cm³/mol. The molecule has 2 unspecified atom stereocenters. The van der Waals surface area contributed by atoms with Crippen LogP contribution in [0.5, 0.6) is 0 Å². The van der Waals surface area contributed by atoms with Gasteiger partial charge >= 0.3 is 0 Å². The van der Waals surface area contributed by atoms with Crippen LogP contribution < -0.4 is 5.32 Å². The van der Waals surface area contributed by atoms with Gasteiger partial charge in [0.05, 0.1) is 11.9 Å². The third kappa shape index (κ3) is 2.56. The zero-order valence-electron chi connectivity index (χ0n) is 8.63. The standard InChI is InChI=1S/C10H18N2O/c1-7(12-9(3)11-4)10-5-6-13-8(10)2/h8,10H,1,5-6H2,2-4H3,(H,11,12). The molecule has 0 bridgehead atoms. The first-order valence-electron chi connectivity index (χ1n) is 4.68. The number of nitrogens with one attached hydrogen (secondary N) is 1. The van der Waals surface area contributed by atoms with Crippen molar-refractivity contribution in [3.8, 4) is 0 Å². The molecular weight excluding hydrogens is 164 g/mol. The molecule has 1 aliphatic rings. The molecule has 1 aliphatic heterocycles. The fourth-order valence-corrected chi connectivity index (χ4v) is 1.52. The molecule has 1 saturated heterocycles. The van der Waals surface area contributed by atoms with Gasteiger partial charge in [0.15, 0.2) is 0 Å². The summed E-state index contributed by atoms with van der Waals surface area (Å²) in [6, 6.07) is 0. The Kier molecular flexibility index (Phi) is 3.48. The van der Waals surface area contributed by atoms with Gasteiger partial charge in [-0.15, -0.1) is 0 Å². The Morgan fingerprint density at radius 3 is 2.77 bits per heavy atom. The van der Waals surface area contributed by atoms with Gasteiger partial charge < -0.3 is 10.1 Å². The largest absolute Gasteiger partial charge is 0.378 e. The van der Waals surface area contributed by atoms with Crippen molar-refractivity contribution >= 4 is 5.84 Å². The summed E-state index contributed by atoms with van der Waals surface area (Å²) in [7, 11) is 1.86. The van der Waals surface area contributed by atoms with E-state index >= 15 is 0 Å². The van der Waals surface area contributed by atoms with Crippen molar-refractivity contribution in [2.24, 2.45) is 10.9 Å². The molecule has 3 nitrogen and oxygen atoms in total. The molecule has 13 heavy (non-hydrogen) atoms. The quantitative estimate of drug-likeness (QED) is 0.519. The van der Waals surface area contributed by atoms with Gasteiger partial charge in [-0.1, -0.05) is 6.58 Å². The van der Waals surface area contributed by atoms with Crippen molar-refractivity contribution in [2.75, 3.05) is 13.7 Å². The fraction of sp³-hybridized carbons (Fsp3) is 0.700. The van der Waals surface area contributed by atoms with Crippen LogP contribution in [0.1, 0.15) is 20.3 Å². The monoisotopic (exact) mass is 182 g/mol. The van der Waals surface area contributed by atoms with Crippen molar-refractivity contribution in [1.82, 2.24) is 5.32 Å². The second-order valence-corrected chi connectivity index (χ2v) is 3.41. The van der Waals surface area contributed by atoms with Gasteiger partial charge in [0.1, 0.15) is 0 Å². The highest BCUT2D eigenvalue weighted by atomic mass is 16.5. The summed E-state index contributed by atoms with van der Waals surface area (Å²) >= 11 is 0. The van der Waals surface area contributed by atoms with E-state index in [2.05, 4.69) is 23.8 Å². The van der Waals surface area contributed by atoms with Crippen LogP contribution in [-0.2, 0) is 4.74 Å². The molecule has 0 saturated carbocycles. The average Bonchev–Trinajstić information content (AvgIpc) is 2.51. The third-order valence-electron chi connectivity index (χ3n) is 2.48. The molecule has 1 rings (SSSR count). The van der Waals surface area contributed by atoms with Gasteiger partial charge in [0.2, 0.25) is 0 Å². The molecule has 0 radical (unpaired) electrons. The van der Waals surface area contributed by atoms with Gasteiger partial charge in [0, 0.05) is 25.3 Å². The van der Waals surface area contributed by atoms with Gasteiger partial charge in [-0.25, -0.2) is 4.99 Å². The molecule has 2 atom stereocenters. The Balaban J connectivity index is 2.57. The molecule has 1 fully saturated rings.